The van der Waals surface area contributed by atoms with E-state index in [4.69, 9.17) is 5.73 Å². The van der Waals surface area contributed by atoms with E-state index in [0.29, 0.717) is 12.0 Å². The largest absolute Gasteiger partial charge is 0.328 e. The zero-order valence-corrected chi connectivity index (χ0v) is 42.4. The van der Waals surface area contributed by atoms with Crippen LogP contribution < -0.4 is 5.73 Å². The number of hydrogen-bond donors (Lipinski definition) is 1. The molecule has 0 bridgehead atoms. The molecule has 3 aromatic rings. The van der Waals surface area contributed by atoms with E-state index in [1.807, 2.05) is 0 Å². The minimum absolute atomic E-state index is 0.0680. The molecule has 0 aromatic heterocycles. The van der Waals surface area contributed by atoms with Gasteiger partial charge in [0.2, 0.25) is 0 Å². The molecule has 0 amide bonds. The summed E-state index contributed by atoms with van der Waals surface area (Å²) < 4.78 is 0. The Morgan fingerprint density at radius 2 is 0.966 bits per heavy atom. The van der Waals surface area contributed by atoms with Gasteiger partial charge in [-0.3, -0.25) is 0 Å². The average molecular weight is 808 g/mol. The number of hydrogen-bond acceptors (Lipinski definition) is 1. The van der Waals surface area contributed by atoms with Crippen LogP contribution in [0.1, 0.15) is 197 Å². The van der Waals surface area contributed by atoms with Crippen LogP contribution in [0.2, 0.25) is 0 Å². The highest BCUT2D eigenvalue weighted by Crippen LogP contribution is 2.40. The van der Waals surface area contributed by atoms with Crippen molar-refractivity contribution in [3.8, 4) is 0 Å². The van der Waals surface area contributed by atoms with Gasteiger partial charge in [0.25, 0.3) is 0 Å². The Balaban J connectivity index is 0. The zero-order chi connectivity index (χ0) is 45.7. The first-order valence-corrected chi connectivity index (χ1v) is 23.7. The third-order valence-electron chi connectivity index (χ3n) is 11.8. The average Bonchev–Trinajstić information content (AvgIpc) is 3.24. The second-order valence-electron chi connectivity index (χ2n) is 19.0. The summed E-state index contributed by atoms with van der Waals surface area (Å²) in [7, 11) is 0. The molecule has 0 aliphatic heterocycles. The Morgan fingerprint density at radius 1 is 0.576 bits per heavy atom. The predicted octanol–water partition coefficient (Wildman–Crippen LogP) is 18.1. The fraction of sp³-hybridized carbons (Fsp3) is 0.586. The third kappa shape index (κ3) is 24.6. The van der Waals surface area contributed by atoms with Crippen LogP contribution in [0.5, 0.6) is 0 Å². The van der Waals surface area contributed by atoms with Crippen molar-refractivity contribution < 1.29 is 0 Å². The highest BCUT2D eigenvalue weighted by molar-refractivity contribution is 5.43. The zero-order valence-electron chi connectivity index (χ0n) is 42.4. The molecule has 2 N–H and O–H groups in total. The Hall–Kier alpha value is -3.16. The van der Waals surface area contributed by atoms with Gasteiger partial charge in [-0.25, -0.2) is 0 Å². The summed E-state index contributed by atoms with van der Waals surface area (Å²) in [5.41, 5.74) is 14.0. The third-order valence-corrected chi connectivity index (χ3v) is 11.8. The van der Waals surface area contributed by atoms with Gasteiger partial charge in [-0.15, -0.1) is 0 Å². The van der Waals surface area contributed by atoms with Gasteiger partial charge in [-0.05, 0) is 85.0 Å². The normalized spacial score (nSPS) is 13.7. The molecule has 1 atom stereocenters. The molecule has 0 fully saturated rings. The molecule has 0 saturated heterocycles. The standard InChI is InChI=1S/C23H32.C16H18.C5H13N.2C5H12.C4H10/c1-7-8-17-22(3,4)19-13-15-21(16-14-19)23(5,6)20-11-9-18(2)10-12-20;1-13-9-11-15(12-10-13)16(2,3)14-7-5-4-6-8-14;1-3-5(6)4-2;2*1-4-5(2)3;1-3-4-2/h8-13,15-17,19H,7,14H2,1-6H3;4-12H,1-3H3;5H,3-4,6H2,1-2H3;2*5H,4H2,1-3H3;3-4H2,1-2H3. The Morgan fingerprint density at radius 3 is 1.27 bits per heavy atom. The van der Waals surface area contributed by atoms with Crippen molar-refractivity contribution in [2.75, 3.05) is 0 Å². The summed E-state index contributed by atoms with van der Waals surface area (Å²) in [6.07, 6.45) is 21.6. The molecule has 1 unspecified atom stereocenters. The Kier molecular flexibility index (Phi) is 31.1. The first-order valence-electron chi connectivity index (χ1n) is 23.7. The fourth-order valence-corrected chi connectivity index (χ4v) is 5.60. The van der Waals surface area contributed by atoms with Gasteiger partial charge in [0.1, 0.15) is 0 Å². The second-order valence-corrected chi connectivity index (χ2v) is 19.0. The van der Waals surface area contributed by atoms with Crippen LogP contribution in [0.3, 0.4) is 0 Å². The molecule has 1 aliphatic carbocycles. The summed E-state index contributed by atoms with van der Waals surface area (Å²) in [5.74, 6) is 2.35. The molecular weight excluding hydrogens is 711 g/mol. The predicted molar refractivity (Wildman–Crippen MR) is 272 cm³/mol. The molecule has 334 valence electrons. The number of rotatable bonds is 12. The van der Waals surface area contributed by atoms with Gasteiger partial charge in [-0.1, -0.05) is 264 Å². The van der Waals surface area contributed by atoms with Crippen molar-refractivity contribution in [2.45, 2.75) is 200 Å². The quantitative estimate of drug-likeness (QED) is 0.181. The monoisotopic (exact) mass is 808 g/mol. The first-order chi connectivity index (χ1) is 27.6. The van der Waals surface area contributed by atoms with Crippen LogP contribution in [0.4, 0.5) is 0 Å². The number of nitrogens with two attached hydrogens (primary N) is 1. The lowest BCUT2D eigenvalue weighted by atomic mass is 9.70. The second kappa shape index (κ2) is 31.7. The summed E-state index contributed by atoms with van der Waals surface area (Å²) in [4.78, 5) is 0. The Labute approximate surface area is 369 Å². The maximum atomic E-state index is 5.47. The molecule has 4 rings (SSSR count). The Bertz CT molecular complexity index is 1500. The van der Waals surface area contributed by atoms with E-state index >= 15 is 0 Å². The number of benzene rings is 3. The van der Waals surface area contributed by atoms with Gasteiger partial charge in [-0.2, -0.15) is 0 Å². The summed E-state index contributed by atoms with van der Waals surface area (Å²) in [6, 6.07) is 28.9. The smallest absolute Gasteiger partial charge is 0.0146 e. The molecule has 0 spiro atoms. The molecule has 0 heterocycles. The molecule has 0 saturated carbocycles. The highest BCUT2D eigenvalue weighted by atomic mass is 14.6. The van der Waals surface area contributed by atoms with E-state index < -0.39 is 0 Å². The first kappa shape index (κ1) is 57.9. The van der Waals surface area contributed by atoms with Crippen molar-refractivity contribution in [1.29, 1.82) is 0 Å². The molecule has 3 aromatic carbocycles. The summed E-state index contributed by atoms with van der Waals surface area (Å²) >= 11 is 0. The van der Waals surface area contributed by atoms with Crippen LogP contribution in [-0.4, -0.2) is 6.04 Å². The lowest BCUT2D eigenvalue weighted by Gasteiger charge is -2.34. The molecular formula is C58H97N. The summed E-state index contributed by atoms with van der Waals surface area (Å²) in [6.45, 7) is 42.2. The highest BCUT2D eigenvalue weighted by Gasteiger charge is 2.30. The minimum atomic E-state index is 0.0680. The van der Waals surface area contributed by atoms with Crippen LogP contribution in [0.25, 0.3) is 0 Å². The SMILES string of the molecule is CCC(C)C.CCC(C)C.CCC(N)CC.CCC=CC(C)(C)C1C=CC(C(C)(C)c2ccc(C)cc2)=CC1.CCCC.Cc1ccc(C(C)(C)c2ccccc2)cc1. The van der Waals surface area contributed by atoms with Crippen molar-refractivity contribution in [3.05, 3.63) is 143 Å². The van der Waals surface area contributed by atoms with Gasteiger partial charge >= 0.3 is 0 Å². The van der Waals surface area contributed by atoms with Crippen molar-refractivity contribution >= 4 is 0 Å². The van der Waals surface area contributed by atoms with E-state index in [9.17, 15) is 0 Å². The molecule has 1 nitrogen and oxygen atoms in total. The van der Waals surface area contributed by atoms with E-state index in [1.54, 1.807) is 0 Å². The van der Waals surface area contributed by atoms with Gasteiger partial charge in [0.15, 0.2) is 0 Å². The van der Waals surface area contributed by atoms with Gasteiger partial charge in [0, 0.05) is 16.9 Å². The van der Waals surface area contributed by atoms with Crippen LogP contribution >= 0.6 is 0 Å². The number of aryl methyl sites for hydroxylation is 2. The van der Waals surface area contributed by atoms with Crippen molar-refractivity contribution in [2.24, 2.45) is 28.9 Å². The minimum Gasteiger partial charge on any atom is -0.328 e. The summed E-state index contributed by atoms with van der Waals surface area (Å²) in [5, 5.41) is 0. The van der Waals surface area contributed by atoms with Crippen LogP contribution in [0.15, 0.2) is 115 Å². The van der Waals surface area contributed by atoms with Crippen molar-refractivity contribution in [1.82, 2.24) is 0 Å². The molecule has 1 heteroatoms. The lowest BCUT2D eigenvalue weighted by Crippen LogP contribution is -2.25. The molecule has 1 aliphatic rings. The number of unbranched alkanes of at least 4 members (excludes halogenated alkanes) is 1. The van der Waals surface area contributed by atoms with Crippen molar-refractivity contribution in [3.63, 3.8) is 0 Å². The van der Waals surface area contributed by atoms with E-state index in [2.05, 4.69) is 241 Å². The van der Waals surface area contributed by atoms with E-state index in [0.717, 1.165) is 37.5 Å². The van der Waals surface area contributed by atoms with Gasteiger partial charge < -0.3 is 5.73 Å². The fourth-order valence-electron chi connectivity index (χ4n) is 5.60. The van der Waals surface area contributed by atoms with Crippen LogP contribution in [0, 0.1) is 37.0 Å². The van der Waals surface area contributed by atoms with Crippen LogP contribution in [-0.2, 0) is 10.8 Å². The van der Waals surface area contributed by atoms with E-state index in [-0.39, 0.29) is 16.2 Å². The maximum Gasteiger partial charge on any atom is 0.0146 e. The molecule has 59 heavy (non-hydrogen) atoms. The van der Waals surface area contributed by atoms with E-state index in [1.165, 1.54) is 59.1 Å². The topological polar surface area (TPSA) is 26.0 Å². The lowest BCUT2D eigenvalue weighted by molar-refractivity contribution is 0.340. The molecule has 0 radical (unpaired) electrons. The van der Waals surface area contributed by atoms with Gasteiger partial charge in [0.05, 0.1) is 0 Å². The number of allylic oxidation sites excluding steroid dienone is 6. The maximum absolute atomic E-state index is 5.47.